The van der Waals surface area contributed by atoms with Gasteiger partial charge in [0.05, 0.1) is 13.2 Å². The van der Waals surface area contributed by atoms with E-state index in [0.717, 1.165) is 31.3 Å². The molecule has 0 atom stereocenters. The predicted molar refractivity (Wildman–Crippen MR) is 84.8 cm³/mol. The topological polar surface area (TPSA) is 36.9 Å². The molecule has 0 spiro atoms. The van der Waals surface area contributed by atoms with Gasteiger partial charge in [0.1, 0.15) is 5.75 Å². The summed E-state index contributed by atoms with van der Waals surface area (Å²) in [5.41, 5.74) is 1.23. The molecule has 0 fully saturated rings. The number of benzene rings is 1. The molecule has 4 nitrogen and oxygen atoms in total. The minimum atomic E-state index is 0. The highest BCUT2D eigenvalue weighted by Gasteiger charge is 2.10. The molecule has 0 aliphatic carbocycles. The van der Waals surface area contributed by atoms with E-state index in [2.05, 4.69) is 34.4 Å². The van der Waals surface area contributed by atoms with Crippen molar-refractivity contribution in [3.63, 3.8) is 0 Å². The van der Waals surface area contributed by atoms with Crippen molar-refractivity contribution in [2.45, 2.75) is 13.5 Å². The number of aliphatic imine (C=N–C) groups is 1. The van der Waals surface area contributed by atoms with Crippen LogP contribution in [0.4, 0.5) is 0 Å². The first-order valence-electron chi connectivity index (χ1n) is 6.01. The highest BCUT2D eigenvalue weighted by atomic mass is 127. The van der Waals surface area contributed by atoms with Gasteiger partial charge in [0.25, 0.3) is 0 Å². The van der Waals surface area contributed by atoms with Crippen LogP contribution in [-0.4, -0.2) is 37.6 Å². The van der Waals surface area contributed by atoms with Gasteiger partial charge in [-0.1, -0.05) is 12.1 Å². The first kappa shape index (κ1) is 15.1. The molecule has 0 saturated heterocycles. The SMILES string of the molecule is CCOc1ccc(CNC2=NCCN2C)cc1.I. The van der Waals surface area contributed by atoms with Crippen LogP contribution in [0.3, 0.4) is 0 Å². The normalized spacial score (nSPS) is 13.9. The minimum Gasteiger partial charge on any atom is -0.494 e. The van der Waals surface area contributed by atoms with Crippen molar-refractivity contribution in [3.05, 3.63) is 29.8 Å². The maximum absolute atomic E-state index is 5.40. The molecular formula is C13H20IN3O. The van der Waals surface area contributed by atoms with Crippen molar-refractivity contribution >= 4 is 29.9 Å². The molecule has 0 bridgehead atoms. The number of rotatable bonds is 4. The summed E-state index contributed by atoms with van der Waals surface area (Å²) in [6, 6.07) is 8.16. The minimum absolute atomic E-state index is 0. The highest BCUT2D eigenvalue weighted by Crippen LogP contribution is 2.12. The fourth-order valence-corrected chi connectivity index (χ4v) is 1.77. The summed E-state index contributed by atoms with van der Waals surface area (Å²) in [4.78, 5) is 6.52. The lowest BCUT2D eigenvalue weighted by molar-refractivity contribution is 0.340. The molecule has 0 saturated carbocycles. The Labute approximate surface area is 125 Å². The maximum atomic E-state index is 5.40. The molecule has 1 aliphatic rings. The number of hydrogen-bond acceptors (Lipinski definition) is 4. The van der Waals surface area contributed by atoms with E-state index in [0.29, 0.717) is 6.61 Å². The maximum Gasteiger partial charge on any atom is 0.194 e. The monoisotopic (exact) mass is 361 g/mol. The smallest absolute Gasteiger partial charge is 0.194 e. The Morgan fingerprint density at radius 3 is 2.61 bits per heavy atom. The van der Waals surface area contributed by atoms with E-state index in [1.54, 1.807) is 0 Å². The van der Waals surface area contributed by atoms with Crippen LogP contribution in [0.2, 0.25) is 0 Å². The quantitative estimate of drug-likeness (QED) is 0.835. The average Bonchev–Trinajstić information content (AvgIpc) is 2.75. The number of halogens is 1. The Morgan fingerprint density at radius 2 is 2.06 bits per heavy atom. The lowest BCUT2D eigenvalue weighted by atomic mass is 10.2. The van der Waals surface area contributed by atoms with Gasteiger partial charge in [0, 0.05) is 20.1 Å². The van der Waals surface area contributed by atoms with E-state index in [4.69, 9.17) is 4.74 Å². The Bertz CT molecular complexity index is 392. The second kappa shape index (κ2) is 7.45. The van der Waals surface area contributed by atoms with Crippen LogP contribution in [0.5, 0.6) is 5.75 Å². The third-order valence-electron chi connectivity index (χ3n) is 2.74. The van der Waals surface area contributed by atoms with Gasteiger partial charge >= 0.3 is 0 Å². The molecule has 0 amide bonds. The van der Waals surface area contributed by atoms with Crippen molar-refractivity contribution in [2.24, 2.45) is 4.99 Å². The molecule has 0 radical (unpaired) electrons. The molecule has 100 valence electrons. The van der Waals surface area contributed by atoms with E-state index < -0.39 is 0 Å². The van der Waals surface area contributed by atoms with Gasteiger partial charge in [-0.05, 0) is 24.6 Å². The molecule has 1 N–H and O–H groups in total. The summed E-state index contributed by atoms with van der Waals surface area (Å²) in [6.07, 6.45) is 0. The number of hydrogen-bond donors (Lipinski definition) is 1. The fraction of sp³-hybridized carbons (Fsp3) is 0.462. The summed E-state index contributed by atoms with van der Waals surface area (Å²) in [6.45, 7) is 5.39. The lowest BCUT2D eigenvalue weighted by Crippen LogP contribution is -2.35. The van der Waals surface area contributed by atoms with Crippen LogP contribution in [0, 0.1) is 0 Å². The molecule has 0 unspecified atom stereocenters. The zero-order chi connectivity index (χ0) is 12.1. The Kier molecular flexibility index (Phi) is 6.24. The summed E-state index contributed by atoms with van der Waals surface area (Å²) in [5.74, 6) is 1.91. The number of ether oxygens (including phenoxy) is 1. The highest BCUT2D eigenvalue weighted by molar-refractivity contribution is 14.0. The molecule has 1 heterocycles. The second-order valence-corrected chi connectivity index (χ2v) is 4.06. The van der Waals surface area contributed by atoms with Crippen molar-refractivity contribution in [3.8, 4) is 5.75 Å². The van der Waals surface area contributed by atoms with E-state index in [1.165, 1.54) is 5.56 Å². The van der Waals surface area contributed by atoms with E-state index in [1.807, 2.05) is 19.1 Å². The van der Waals surface area contributed by atoms with Gasteiger partial charge < -0.3 is 15.0 Å². The van der Waals surface area contributed by atoms with Gasteiger partial charge in [-0.3, -0.25) is 4.99 Å². The number of guanidine groups is 1. The Balaban J connectivity index is 0.00000162. The van der Waals surface area contributed by atoms with Crippen LogP contribution < -0.4 is 10.1 Å². The molecule has 1 aliphatic heterocycles. The Morgan fingerprint density at radius 1 is 1.33 bits per heavy atom. The summed E-state index contributed by atoms with van der Waals surface area (Å²) < 4.78 is 5.40. The molecule has 5 heteroatoms. The molecule has 1 aromatic carbocycles. The molecule has 0 aromatic heterocycles. The van der Waals surface area contributed by atoms with Crippen LogP contribution in [0.25, 0.3) is 0 Å². The van der Waals surface area contributed by atoms with Gasteiger partial charge in [0.2, 0.25) is 0 Å². The number of likely N-dealkylation sites (N-methyl/N-ethyl adjacent to an activating group) is 1. The number of nitrogens with one attached hydrogen (secondary N) is 1. The molecule has 1 aromatic rings. The second-order valence-electron chi connectivity index (χ2n) is 4.06. The van der Waals surface area contributed by atoms with Crippen LogP contribution in [0.1, 0.15) is 12.5 Å². The van der Waals surface area contributed by atoms with E-state index in [-0.39, 0.29) is 24.0 Å². The third kappa shape index (κ3) is 4.04. The predicted octanol–water partition coefficient (Wildman–Crippen LogP) is 2.09. The van der Waals surface area contributed by atoms with Gasteiger partial charge in [0.15, 0.2) is 5.96 Å². The fourth-order valence-electron chi connectivity index (χ4n) is 1.77. The van der Waals surface area contributed by atoms with Crippen LogP contribution in [0.15, 0.2) is 29.3 Å². The lowest BCUT2D eigenvalue weighted by Gasteiger charge is -2.15. The summed E-state index contributed by atoms with van der Waals surface area (Å²) in [7, 11) is 2.05. The van der Waals surface area contributed by atoms with Gasteiger partial charge in [-0.2, -0.15) is 0 Å². The largest absolute Gasteiger partial charge is 0.494 e. The zero-order valence-corrected chi connectivity index (χ0v) is 13.2. The van der Waals surface area contributed by atoms with Gasteiger partial charge in [-0.15, -0.1) is 24.0 Å². The number of nitrogens with zero attached hydrogens (tertiary/aromatic N) is 2. The first-order chi connectivity index (χ1) is 8.29. The van der Waals surface area contributed by atoms with Crippen molar-refractivity contribution in [1.82, 2.24) is 10.2 Å². The van der Waals surface area contributed by atoms with E-state index >= 15 is 0 Å². The average molecular weight is 361 g/mol. The zero-order valence-electron chi connectivity index (χ0n) is 10.8. The van der Waals surface area contributed by atoms with E-state index in [9.17, 15) is 0 Å². The molecule has 2 rings (SSSR count). The van der Waals surface area contributed by atoms with Crippen molar-refractivity contribution in [2.75, 3.05) is 26.7 Å². The van der Waals surface area contributed by atoms with Crippen molar-refractivity contribution in [1.29, 1.82) is 0 Å². The summed E-state index contributed by atoms with van der Waals surface area (Å²) >= 11 is 0. The standard InChI is InChI=1S/C13H19N3O.HI/c1-3-17-12-6-4-11(5-7-12)10-15-13-14-8-9-16(13)2;/h4-7H,3,8-10H2,1-2H3,(H,14,15);1H. The van der Waals surface area contributed by atoms with Crippen molar-refractivity contribution < 1.29 is 4.74 Å². The summed E-state index contributed by atoms with van der Waals surface area (Å²) in [5, 5.41) is 3.33. The van der Waals surface area contributed by atoms with Gasteiger partial charge in [-0.25, -0.2) is 0 Å². The molecule has 18 heavy (non-hydrogen) atoms. The van der Waals surface area contributed by atoms with Crippen LogP contribution in [-0.2, 0) is 6.54 Å². The van der Waals surface area contributed by atoms with Crippen LogP contribution >= 0.6 is 24.0 Å². The first-order valence-corrected chi connectivity index (χ1v) is 6.01. The third-order valence-corrected chi connectivity index (χ3v) is 2.74. The molecular weight excluding hydrogens is 341 g/mol. The Hall–Kier alpha value is -0.980.